The van der Waals surface area contributed by atoms with Gasteiger partial charge in [-0.05, 0) is 18.7 Å². The van der Waals surface area contributed by atoms with Gasteiger partial charge in [0.05, 0.1) is 5.71 Å². The van der Waals surface area contributed by atoms with Crippen LogP contribution in [0, 0.1) is 10.8 Å². The Balaban J connectivity index is 2.62. The highest BCUT2D eigenvalue weighted by Crippen LogP contribution is 2.19. The van der Waals surface area contributed by atoms with Crippen LogP contribution in [0.2, 0.25) is 5.82 Å². The van der Waals surface area contributed by atoms with Gasteiger partial charge in [0.1, 0.15) is 7.85 Å². The zero-order valence-corrected chi connectivity index (χ0v) is 5.70. The Morgan fingerprint density at radius 3 is 2.56 bits per heavy atom. The molecule has 0 amide bonds. The molecule has 0 radical (unpaired) electrons. The van der Waals surface area contributed by atoms with Crippen molar-refractivity contribution < 1.29 is 0 Å². The van der Waals surface area contributed by atoms with Crippen molar-refractivity contribution in [1.82, 2.24) is 0 Å². The van der Waals surface area contributed by atoms with Crippen molar-refractivity contribution in [2.75, 3.05) is 0 Å². The molecule has 2 N–H and O–H groups in total. The second kappa shape index (κ2) is 2.34. The lowest BCUT2D eigenvalue weighted by Crippen LogP contribution is -2.22. The smallest absolute Gasteiger partial charge is 0.113 e. The average Bonchev–Trinajstić information content (AvgIpc) is 1.83. The first-order chi connectivity index (χ1) is 4.22. The van der Waals surface area contributed by atoms with Crippen LogP contribution in [0.1, 0.15) is 19.3 Å². The molecule has 0 aromatic rings. The highest BCUT2D eigenvalue weighted by Gasteiger charge is 2.18. The van der Waals surface area contributed by atoms with Gasteiger partial charge >= 0.3 is 0 Å². The van der Waals surface area contributed by atoms with Crippen LogP contribution in [0.5, 0.6) is 0 Å². The summed E-state index contributed by atoms with van der Waals surface area (Å²) < 4.78 is 0. The van der Waals surface area contributed by atoms with Gasteiger partial charge in [0.15, 0.2) is 0 Å². The van der Waals surface area contributed by atoms with E-state index in [0.717, 1.165) is 19.3 Å². The van der Waals surface area contributed by atoms with Crippen molar-refractivity contribution in [3.63, 3.8) is 0 Å². The molecule has 0 aromatic carbocycles. The number of hydrogen-bond acceptors (Lipinski definition) is 2. The molecular weight excluding hydrogens is 111 g/mol. The van der Waals surface area contributed by atoms with E-state index in [0.29, 0.717) is 17.2 Å². The summed E-state index contributed by atoms with van der Waals surface area (Å²) in [5.41, 5.74) is 1.11. The van der Waals surface area contributed by atoms with E-state index < -0.39 is 0 Å². The molecule has 0 bridgehead atoms. The maximum Gasteiger partial charge on any atom is 0.113 e. The van der Waals surface area contributed by atoms with E-state index in [4.69, 9.17) is 10.8 Å². The number of hydrogen-bond donors (Lipinski definition) is 2. The fraction of sp³-hybridized carbons (Fsp3) is 0.667. The zero-order valence-electron chi connectivity index (χ0n) is 5.70. The van der Waals surface area contributed by atoms with E-state index in [2.05, 4.69) is 0 Å². The quantitative estimate of drug-likeness (QED) is 0.442. The Kier molecular flexibility index (Phi) is 1.69. The molecule has 0 spiro atoms. The molecule has 48 valence electrons. The van der Waals surface area contributed by atoms with Crippen molar-refractivity contribution in [3.8, 4) is 0 Å². The standard InChI is InChI=1S/C6H11BN2/c7-4-2-1-3-5(8)6(4)9/h4,8-9H,1-3,7H2. The van der Waals surface area contributed by atoms with Gasteiger partial charge in [-0.3, -0.25) is 0 Å². The maximum atomic E-state index is 7.38. The molecule has 2 nitrogen and oxygen atoms in total. The molecule has 1 atom stereocenters. The lowest BCUT2D eigenvalue weighted by atomic mass is 9.73. The summed E-state index contributed by atoms with van der Waals surface area (Å²) in [5, 5.41) is 14.7. The van der Waals surface area contributed by atoms with Gasteiger partial charge in [0, 0.05) is 5.71 Å². The lowest BCUT2D eigenvalue weighted by Gasteiger charge is -2.19. The highest BCUT2D eigenvalue weighted by atomic mass is 14.5. The molecule has 1 saturated carbocycles. The van der Waals surface area contributed by atoms with Crippen LogP contribution in [0.4, 0.5) is 0 Å². The van der Waals surface area contributed by atoms with Gasteiger partial charge in [-0.25, -0.2) is 0 Å². The summed E-state index contributed by atoms with van der Waals surface area (Å²) in [6.45, 7) is 0. The molecular formula is C6H11BN2. The Morgan fingerprint density at radius 2 is 2.11 bits per heavy atom. The average molecular weight is 122 g/mol. The molecule has 1 fully saturated rings. The van der Waals surface area contributed by atoms with Gasteiger partial charge in [-0.2, -0.15) is 0 Å². The van der Waals surface area contributed by atoms with Crippen LogP contribution >= 0.6 is 0 Å². The number of rotatable bonds is 0. The summed E-state index contributed by atoms with van der Waals surface area (Å²) in [6, 6.07) is 0. The first-order valence-electron chi connectivity index (χ1n) is 3.38. The Hall–Kier alpha value is -0.595. The molecule has 3 heteroatoms. The SMILES string of the molecule is BC1CCCC(=N)C1=N. The zero-order chi connectivity index (χ0) is 6.85. The fourth-order valence-corrected chi connectivity index (χ4v) is 1.16. The van der Waals surface area contributed by atoms with E-state index in [-0.39, 0.29) is 0 Å². The van der Waals surface area contributed by atoms with Crippen molar-refractivity contribution in [2.45, 2.75) is 25.1 Å². The minimum absolute atomic E-state index is 0.339. The van der Waals surface area contributed by atoms with Crippen molar-refractivity contribution in [1.29, 1.82) is 10.8 Å². The molecule has 1 rings (SSSR count). The van der Waals surface area contributed by atoms with E-state index in [1.165, 1.54) is 0 Å². The third-order valence-electron chi connectivity index (χ3n) is 1.88. The molecule has 0 aliphatic heterocycles. The van der Waals surface area contributed by atoms with Gasteiger partial charge < -0.3 is 10.8 Å². The van der Waals surface area contributed by atoms with E-state index >= 15 is 0 Å². The molecule has 1 unspecified atom stereocenters. The van der Waals surface area contributed by atoms with Crippen LogP contribution in [0.25, 0.3) is 0 Å². The van der Waals surface area contributed by atoms with Crippen LogP contribution in [0.3, 0.4) is 0 Å². The Labute approximate surface area is 56.1 Å². The van der Waals surface area contributed by atoms with Crippen molar-refractivity contribution in [3.05, 3.63) is 0 Å². The largest absolute Gasteiger partial charge is 0.304 e. The van der Waals surface area contributed by atoms with Crippen LogP contribution in [0.15, 0.2) is 0 Å². The Morgan fingerprint density at radius 1 is 1.44 bits per heavy atom. The summed E-state index contributed by atoms with van der Waals surface area (Å²) in [6.07, 6.45) is 3.02. The van der Waals surface area contributed by atoms with Gasteiger partial charge in [-0.1, -0.05) is 6.42 Å². The summed E-state index contributed by atoms with van der Waals surface area (Å²) in [7, 11) is 2.02. The van der Waals surface area contributed by atoms with E-state index in [1.54, 1.807) is 0 Å². The fourth-order valence-electron chi connectivity index (χ4n) is 1.16. The molecule has 1 aliphatic rings. The highest BCUT2D eigenvalue weighted by molar-refractivity contribution is 6.49. The van der Waals surface area contributed by atoms with Crippen molar-refractivity contribution >= 4 is 19.3 Å². The van der Waals surface area contributed by atoms with Crippen molar-refractivity contribution in [2.24, 2.45) is 0 Å². The van der Waals surface area contributed by atoms with E-state index in [1.807, 2.05) is 7.85 Å². The molecule has 0 heterocycles. The first-order valence-corrected chi connectivity index (χ1v) is 3.38. The van der Waals surface area contributed by atoms with Gasteiger partial charge in [0.25, 0.3) is 0 Å². The second-order valence-corrected chi connectivity index (χ2v) is 2.69. The molecule has 9 heavy (non-hydrogen) atoms. The van der Waals surface area contributed by atoms with E-state index in [9.17, 15) is 0 Å². The minimum atomic E-state index is 0.339. The summed E-state index contributed by atoms with van der Waals surface area (Å²) >= 11 is 0. The topological polar surface area (TPSA) is 47.7 Å². The monoisotopic (exact) mass is 122 g/mol. The maximum absolute atomic E-state index is 7.38. The molecule has 0 saturated heterocycles. The third-order valence-corrected chi connectivity index (χ3v) is 1.88. The molecule has 0 aromatic heterocycles. The third kappa shape index (κ3) is 1.20. The minimum Gasteiger partial charge on any atom is -0.304 e. The lowest BCUT2D eigenvalue weighted by molar-refractivity contribution is 0.770. The van der Waals surface area contributed by atoms with Crippen LogP contribution < -0.4 is 0 Å². The first kappa shape index (κ1) is 6.52. The van der Waals surface area contributed by atoms with Crippen LogP contribution in [-0.4, -0.2) is 19.3 Å². The van der Waals surface area contributed by atoms with Gasteiger partial charge in [0.2, 0.25) is 0 Å². The Bertz CT molecular complexity index is 153. The summed E-state index contributed by atoms with van der Waals surface area (Å²) in [5.74, 6) is 0.339. The van der Waals surface area contributed by atoms with Gasteiger partial charge in [-0.15, -0.1) is 0 Å². The number of nitrogens with one attached hydrogen (secondary N) is 2. The predicted octanol–water partition coefficient (Wildman–Crippen LogP) is 0.631. The summed E-state index contributed by atoms with van der Waals surface area (Å²) in [4.78, 5) is 0. The second-order valence-electron chi connectivity index (χ2n) is 2.69. The normalized spacial score (nSPS) is 28.7. The molecule has 1 aliphatic carbocycles. The van der Waals surface area contributed by atoms with Crippen LogP contribution in [-0.2, 0) is 0 Å². The predicted molar refractivity (Wildman–Crippen MR) is 41.6 cm³/mol.